The van der Waals surface area contributed by atoms with Gasteiger partial charge in [0.15, 0.2) is 9.84 Å². The first-order valence-corrected chi connectivity index (χ1v) is 10.1. The van der Waals surface area contributed by atoms with Gasteiger partial charge in [0.05, 0.1) is 5.25 Å². The fourth-order valence-electron chi connectivity index (χ4n) is 3.25. The highest BCUT2D eigenvalue weighted by Gasteiger charge is 2.33. The van der Waals surface area contributed by atoms with Crippen LogP contribution in [0.3, 0.4) is 0 Å². The van der Waals surface area contributed by atoms with E-state index < -0.39 is 43.9 Å². The van der Waals surface area contributed by atoms with E-state index in [9.17, 15) is 22.0 Å². The first-order chi connectivity index (χ1) is 12.3. The van der Waals surface area contributed by atoms with Gasteiger partial charge < -0.3 is 4.90 Å². The maximum absolute atomic E-state index is 13.9. The number of anilines is 1. The van der Waals surface area contributed by atoms with Crippen molar-refractivity contribution in [3.8, 4) is 0 Å². The lowest BCUT2D eigenvalue weighted by Gasteiger charge is -2.29. The maximum atomic E-state index is 13.9. The lowest BCUT2D eigenvalue weighted by molar-refractivity contribution is -0.116. The van der Waals surface area contributed by atoms with E-state index in [4.69, 9.17) is 0 Å². The highest BCUT2D eigenvalue weighted by atomic mass is 32.2. The van der Waals surface area contributed by atoms with Crippen LogP contribution in [0.4, 0.5) is 14.5 Å². The molecule has 0 radical (unpaired) electrons. The average molecular weight is 379 g/mol. The van der Waals surface area contributed by atoms with E-state index in [1.54, 1.807) is 12.1 Å². The van der Waals surface area contributed by atoms with Crippen LogP contribution in [0.1, 0.15) is 29.7 Å². The Morgan fingerprint density at radius 1 is 1.12 bits per heavy atom. The molecule has 7 heteroatoms. The van der Waals surface area contributed by atoms with E-state index in [1.165, 1.54) is 17.9 Å². The van der Waals surface area contributed by atoms with Crippen molar-refractivity contribution < 1.29 is 22.0 Å². The lowest BCUT2D eigenvalue weighted by atomic mass is 10.0. The SMILES string of the molecule is C[C@H](c1c(F)cccc1F)S(=O)(=O)CC(=O)N1CCCc2ccccc21. The summed E-state index contributed by atoms with van der Waals surface area (Å²) in [5.74, 6) is -3.24. The fraction of sp³-hybridized carbons (Fsp3) is 0.316. The van der Waals surface area contributed by atoms with Crippen LogP contribution < -0.4 is 4.90 Å². The highest BCUT2D eigenvalue weighted by molar-refractivity contribution is 7.92. The zero-order chi connectivity index (χ0) is 18.9. The van der Waals surface area contributed by atoms with Crippen molar-refractivity contribution >= 4 is 21.4 Å². The smallest absolute Gasteiger partial charge is 0.242 e. The summed E-state index contributed by atoms with van der Waals surface area (Å²) in [6.07, 6.45) is 1.56. The standard InChI is InChI=1S/C19H19F2NO3S/c1-13(19-15(20)8-4-9-16(19)21)26(24,25)12-18(23)22-11-5-7-14-6-2-3-10-17(14)22/h2-4,6,8-10,13H,5,7,11-12H2,1H3/t13-/m1/s1. The van der Waals surface area contributed by atoms with Crippen LogP contribution in [0.5, 0.6) is 0 Å². The molecule has 0 aromatic heterocycles. The molecule has 0 bridgehead atoms. The predicted octanol–water partition coefficient (Wildman–Crippen LogP) is 3.42. The van der Waals surface area contributed by atoms with Gasteiger partial charge in [0, 0.05) is 17.8 Å². The largest absolute Gasteiger partial charge is 0.311 e. The molecule has 1 atom stereocenters. The van der Waals surface area contributed by atoms with Crippen LogP contribution >= 0.6 is 0 Å². The molecule has 0 saturated heterocycles. The number of rotatable bonds is 4. The molecule has 1 aliphatic heterocycles. The second-order valence-corrected chi connectivity index (χ2v) is 8.68. The van der Waals surface area contributed by atoms with Crippen LogP contribution in [0.25, 0.3) is 0 Å². The third-order valence-electron chi connectivity index (χ3n) is 4.68. The van der Waals surface area contributed by atoms with Crippen molar-refractivity contribution in [1.82, 2.24) is 0 Å². The number of sulfone groups is 1. The molecule has 0 N–H and O–H groups in total. The van der Waals surface area contributed by atoms with Gasteiger partial charge in [0.1, 0.15) is 17.4 Å². The minimum absolute atomic E-state index is 0.424. The molecule has 0 aliphatic carbocycles. The molecule has 0 spiro atoms. The molecule has 0 saturated carbocycles. The van der Waals surface area contributed by atoms with Crippen molar-refractivity contribution in [1.29, 1.82) is 0 Å². The summed E-state index contributed by atoms with van der Waals surface area (Å²) in [5.41, 5.74) is 1.15. The first kappa shape index (κ1) is 18.5. The Balaban J connectivity index is 1.85. The minimum atomic E-state index is -4.08. The van der Waals surface area contributed by atoms with Gasteiger partial charge in [-0.3, -0.25) is 4.79 Å². The van der Waals surface area contributed by atoms with Crippen LogP contribution in [0.15, 0.2) is 42.5 Å². The summed E-state index contributed by atoms with van der Waals surface area (Å²) in [5, 5.41) is -1.45. The first-order valence-electron chi connectivity index (χ1n) is 8.35. The van der Waals surface area contributed by atoms with E-state index >= 15 is 0 Å². The van der Waals surface area contributed by atoms with Gasteiger partial charge in [0.2, 0.25) is 5.91 Å². The highest BCUT2D eigenvalue weighted by Crippen LogP contribution is 2.30. The Kier molecular flexibility index (Phi) is 5.09. The van der Waals surface area contributed by atoms with E-state index in [1.807, 2.05) is 12.1 Å². The number of hydrogen-bond donors (Lipinski definition) is 0. The molecule has 2 aromatic rings. The third-order valence-corrected chi connectivity index (χ3v) is 6.64. The number of halogens is 2. The summed E-state index contributed by atoms with van der Waals surface area (Å²) in [7, 11) is -4.08. The molecule has 0 fully saturated rings. The van der Waals surface area contributed by atoms with E-state index in [0.717, 1.165) is 30.5 Å². The number of para-hydroxylation sites is 1. The van der Waals surface area contributed by atoms with Crippen molar-refractivity contribution in [2.24, 2.45) is 0 Å². The molecular weight excluding hydrogens is 360 g/mol. The summed E-state index contributed by atoms with van der Waals surface area (Å²) in [4.78, 5) is 14.1. The average Bonchev–Trinajstić information content (AvgIpc) is 2.60. The second kappa shape index (κ2) is 7.15. The molecule has 4 nitrogen and oxygen atoms in total. The summed E-state index contributed by atoms with van der Waals surface area (Å²) in [6.45, 7) is 1.63. The Hall–Kier alpha value is -2.28. The number of nitrogens with zero attached hydrogens (tertiary/aromatic N) is 1. The molecule has 2 aromatic carbocycles. The van der Waals surface area contributed by atoms with Crippen LogP contribution in [-0.4, -0.2) is 26.6 Å². The Morgan fingerprint density at radius 2 is 1.77 bits per heavy atom. The lowest BCUT2D eigenvalue weighted by Crippen LogP contribution is -2.40. The number of carbonyl (C=O) groups excluding carboxylic acids is 1. The zero-order valence-electron chi connectivity index (χ0n) is 14.3. The number of hydrogen-bond acceptors (Lipinski definition) is 3. The Labute approximate surface area is 151 Å². The number of fused-ring (bicyclic) bond motifs is 1. The molecule has 3 rings (SSSR count). The van der Waals surface area contributed by atoms with Crippen molar-refractivity contribution in [3.05, 3.63) is 65.2 Å². The van der Waals surface area contributed by atoms with E-state index in [-0.39, 0.29) is 0 Å². The van der Waals surface area contributed by atoms with Gasteiger partial charge in [-0.1, -0.05) is 24.3 Å². The molecular formula is C19H19F2NO3S. The van der Waals surface area contributed by atoms with E-state index in [0.29, 0.717) is 12.2 Å². The predicted molar refractivity (Wildman–Crippen MR) is 95.7 cm³/mol. The van der Waals surface area contributed by atoms with Gasteiger partial charge in [0.25, 0.3) is 0 Å². The Morgan fingerprint density at radius 3 is 2.46 bits per heavy atom. The summed E-state index contributed by atoms with van der Waals surface area (Å²) < 4.78 is 53.1. The number of aryl methyl sites for hydroxylation is 1. The molecule has 1 heterocycles. The summed E-state index contributed by atoms with van der Waals surface area (Å²) in [6, 6.07) is 10.5. The third kappa shape index (κ3) is 3.49. The zero-order valence-corrected chi connectivity index (χ0v) is 15.1. The van der Waals surface area contributed by atoms with Crippen LogP contribution in [0.2, 0.25) is 0 Å². The van der Waals surface area contributed by atoms with Crippen LogP contribution in [-0.2, 0) is 21.1 Å². The Bertz CT molecular complexity index is 923. The minimum Gasteiger partial charge on any atom is -0.311 e. The number of amides is 1. The van der Waals surface area contributed by atoms with Gasteiger partial charge >= 0.3 is 0 Å². The normalized spacial score (nSPS) is 15.4. The maximum Gasteiger partial charge on any atom is 0.242 e. The molecule has 1 aliphatic rings. The fourth-order valence-corrected chi connectivity index (χ4v) is 4.58. The summed E-state index contributed by atoms with van der Waals surface area (Å²) >= 11 is 0. The second-order valence-electron chi connectivity index (χ2n) is 6.36. The van der Waals surface area contributed by atoms with Gasteiger partial charge in [-0.2, -0.15) is 0 Å². The van der Waals surface area contributed by atoms with Crippen molar-refractivity contribution in [3.63, 3.8) is 0 Å². The van der Waals surface area contributed by atoms with Crippen LogP contribution in [0, 0.1) is 11.6 Å². The van der Waals surface area contributed by atoms with Gasteiger partial charge in [-0.15, -0.1) is 0 Å². The molecule has 1 amide bonds. The quantitative estimate of drug-likeness (QED) is 0.818. The van der Waals surface area contributed by atoms with E-state index in [2.05, 4.69) is 0 Å². The number of benzene rings is 2. The molecule has 138 valence electrons. The molecule has 26 heavy (non-hydrogen) atoms. The van der Waals surface area contributed by atoms with Crippen molar-refractivity contribution in [2.75, 3.05) is 17.2 Å². The topological polar surface area (TPSA) is 54.5 Å². The van der Waals surface area contributed by atoms with Gasteiger partial charge in [-0.05, 0) is 43.5 Å². The monoisotopic (exact) mass is 379 g/mol. The number of carbonyl (C=O) groups is 1. The van der Waals surface area contributed by atoms with Gasteiger partial charge in [-0.25, -0.2) is 17.2 Å². The van der Waals surface area contributed by atoms with Crippen molar-refractivity contribution in [2.45, 2.75) is 25.0 Å². The molecule has 0 unspecified atom stereocenters.